The maximum absolute atomic E-state index is 12.7. The van der Waals surface area contributed by atoms with Crippen molar-refractivity contribution >= 4 is 22.8 Å². The summed E-state index contributed by atoms with van der Waals surface area (Å²) in [5.41, 5.74) is 3.63. The lowest BCUT2D eigenvalue weighted by molar-refractivity contribution is -0.122. The monoisotopic (exact) mass is 390 g/mol. The maximum atomic E-state index is 12.7. The van der Waals surface area contributed by atoms with Gasteiger partial charge in [-0.2, -0.15) is 0 Å². The number of carbonyl (C=O) groups is 2. The minimum absolute atomic E-state index is 0.00385. The van der Waals surface area contributed by atoms with Gasteiger partial charge in [0.15, 0.2) is 0 Å². The molecular weight excluding hydrogens is 364 g/mol. The maximum Gasteiger partial charge on any atom is 0.254 e. The Labute approximate surface area is 170 Å². The lowest BCUT2D eigenvalue weighted by Gasteiger charge is -2.23. The molecule has 6 heteroatoms. The average Bonchev–Trinajstić information content (AvgIpc) is 3.31. The van der Waals surface area contributed by atoms with Crippen molar-refractivity contribution in [3.8, 4) is 0 Å². The molecule has 29 heavy (non-hydrogen) atoms. The second-order valence-electron chi connectivity index (χ2n) is 7.70. The van der Waals surface area contributed by atoms with Crippen LogP contribution >= 0.6 is 0 Å². The number of carbonyl (C=O) groups excluding carboxylic acids is 2. The zero-order valence-electron chi connectivity index (χ0n) is 16.8. The molecule has 2 atom stereocenters. The highest BCUT2D eigenvalue weighted by Crippen LogP contribution is 2.25. The van der Waals surface area contributed by atoms with Crippen LogP contribution in [-0.2, 0) is 11.3 Å². The van der Waals surface area contributed by atoms with Crippen molar-refractivity contribution in [3.63, 3.8) is 0 Å². The fourth-order valence-electron chi connectivity index (χ4n) is 3.81. The van der Waals surface area contributed by atoms with Crippen molar-refractivity contribution in [2.75, 3.05) is 6.54 Å². The predicted molar refractivity (Wildman–Crippen MR) is 112 cm³/mol. The summed E-state index contributed by atoms with van der Waals surface area (Å²) in [4.78, 5) is 35.0. The molecule has 1 aliphatic heterocycles. The zero-order chi connectivity index (χ0) is 20.4. The number of aromatic nitrogens is 2. The van der Waals surface area contributed by atoms with Gasteiger partial charge in [0.1, 0.15) is 5.82 Å². The van der Waals surface area contributed by atoms with Gasteiger partial charge in [-0.15, -0.1) is 0 Å². The molecule has 0 saturated carbocycles. The van der Waals surface area contributed by atoms with Gasteiger partial charge >= 0.3 is 0 Å². The van der Waals surface area contributed by atoms with E-state index in [9.17, 15) is 9.59 Å². The van der Waals surface area contributed by atoms with Crippen LogP contribution in [-0.4, -0.2) is 33.2 Å². The topological polar surface area (TPSA) is 78.1 Å². The van der Waals surface area contributed by atoms with Crippen molar-refractivity contribution < 1.29 is 9.59 Å². The Bertz CT molecular complexity index is 1010. The summed E-state index contributed by atoms with van der Waals surface area (Å²) in [5, 5.41) is 3.13. The molecule has 150 valence electrons. The van der Waals surface area contributed by atoms with Crippen molar-refractivity contribution in [2.45, 2.75) is 39.3 Å². The molecule has 6 nitrogen and oxygen atoms in total. The largest absolute Gasteiger partial charge is 0.346 e. The summed E-state index contributed by atoms with van der Waals surface area (Å²) in [5.74, 6) is 0.944. The average molecular weight is 390 g/mol. The number of benzene rings is 2. The Kier molecular flexibility index (Phi) is 5.34. The lowest BCUT2D eigenvalue weighted by Crippen LogP contribution is -2.36. The highest BCUT2D eigenvalue weighted by atomic mass is 16.2. The minimum atomic E-state index is -0.189. The van der Waals surface area contributed by atoms with Crippen LogP contribution in [0.25, 0.3) is 11.0 Å². The molecule has 4 rings (SSSR count). The van der Waals surface area contributed by atoms with Gasteiger partial charge in [-0.1, -0.05) is 50.6 Å². The van der Waals surface area contributed by atoms with Crippen LogP contribution in [0.2, 0.25) is 0 Å². The van der Waals surface area contributed by atoms with Crippen LogP contribution in [0.5, 0.6) is 0 Å². The van der Waals surface area contributed by atoms with Gasteiger partial charge in [0, 0.05) is 25.1 Å². The van der Waals surface area contributed by atoms with Crippen molar-refractivity contribution in [1.82, 2.24) is 20.2 Å². The normalized spacial score (nSPS) is 15.4. The fraction of sp³-hybridized carbons (Fsp3) is 0.348. The first-order valence-corrected chi connectivity index (χ1v) is 10.2. The van der Waals surface area contributed by atoms with E-state index in [0.29, 0.717) is 13.1 Å². The predicted octanol–water partition coefficient (Wildman–Crippen LogP) is 3.81. The number of nitrogens with one attached hydrogen (secondary N) is 2. The Morgan fingerprint density at radius 1 is 1.21 bits per heavy atom. The van der Waals surface area contributed by atoms with Gasteiger partial charge in [-0.3, -0.25) is 9.59 Å². The second-order valence-corrected chi connectivity index (χ2v) is 7.70. The van der Waals surface area contributed by atoms with E-state index in [1.165, 1.54) is 0 Å². The number of aromatic amines is 1. The van der Waals surface area contributed by atoms with Gasteiger partial charge in [-0.25, -0.2) is 4.98 Å². The third-order valence-corrected chi connectivity index (χ3v) is 5.74. The van der Waals surface area contributed by atoms with E-state index in [-0.39, 0.29) is 30.2 Å². The molecule has 3 aromatic rings. The van der Waals surface area contributed by atoms with Gasteiger partial charge in [0.25, 0.3) is 5.91 Å². The molecule has 1 aliphatic rings. The molecule has 0 fully saturated rings. The van der Waals surface area contributed by atoms with E-state index < -0.39 is 0 Å². The Balaban J connectivity index is 1.42. The summed E-state index contributed by atoms with van der Waals surface area (Å²) < 4.78 is 0. The quantitative estimate of drug-likeness (QED) is 0.644. The number of hydrogen-bond acceptors (Lipinski definition) is 3. The molecular formula is C23H26N4O2. The van der Waals surface area contributed by atoms with Crippen LogP contribution in [0.1, 0.15) is 54.5 Å². The van der Waals surface area contributed by atoms with Crippen molar-refractivity contribution in [1.29, 1.82) is 0 Å². The van der Waals surface area contributed by atoms with Gasteiger partial charge in [0.2, 0.25) is 5.91 Å². The van der Waals surface area contributed by atoms with Crippen LogP contribution < -0.4 is 5.32 Å². The second kappa shape index (κ2) is 8.07. The number of fused-ring (bicyclic) bond motifs is 2. The number of H-pyrrole nitrogens is 1. The Morgan fingerprint density at radius 3 is 2.72 bits per heavy atom. The summed E-state index contributed by atoms with van der Waals surface area (Å²) in [6, 6.07) is 15.3. The molecule has 2 aromatic carbocycles. The number of amides is 2. The molecule has 0 aliphatic carbocycles. The highest BCUT2D eigenvalue weighted by molar-refractivity contribution is 5.98. The van der Waals surface area contributed by atoms with E-state index in [1.807, 2.05) is 48.5 Å². The van der Waals surface area contributed by atoms with Crippen LogP contribution in [0.4, 0.5) is 0 Å². The van der Waals surface area contributed by atoms with E-state index in [2.05, 4.69) is 29.1 Å². The van der Waals surface area contributed by atoms with Crippen LogP contribution in [0.15, 0.2) is 48.5 Å². The van der Waals surface area contributed by atoms with E-state index in [0.717, 1.165) is 34.4 Å². The lowest BCUT2D eigenvalue weighted by atomic mass is 9.98. The van der Waals surface area contributed by atoms with Crippen LogP contribution in [0, 0.1) is 5.92 Å². The first-order chi connectivity index (χ1) is 14.1. The van der Waals surface area contributed by atoms with Gasteiger partial charge < -0.3 is 15.2 Å². The van der Waals surface area contributed by atoms with E-state index in [4.69, 9.17) is 0 Å². The summed E-state index contributed by atoms with van der Waals surface area (Å²) >= 11 is 0. The third kappa shape index (κ3) is 3.88. The van der Waals surface area contributed by atoms with E-state index >= 15 is 0 Å². The standard InChI is InChI=1S/C23H26N4O2/c1-3-15(2)21(22-24-18-10-6-7-11-19(18)25-22)26-20(28)12-13-27-14-16-8-4-5-9-17(16)23(27)29/h4-11,15,21H,3,12-14H2,1-2H3,(H,24,25)(H,26,28)/t15-,21+/m1/s1. The Hall–Kier alpha value is -3.15. The SMILES string of the molecule is CC[C@@H](C)[C@H](NC(=O)CCN1Cc2ccccc2C1=O)c1nc2ccccc2[nH]1. The molecule has 2 amide bonds. The number of para-hydroxylation sites is 2. The van der Waals surface area contributed by atoms with Crippen molar-refractivity contribution in [3.05, 3.63) is 65.5 Å². The summed E-state index contributed by atoms with van der Waals surface area (Å²) in [7, 11) is 0. The smallest absolute Gasteiger partial charge is 0.254 e. The van der Waals surface area contributed by atoms with Gasteiger partial charge in [0.05, 0.1) is 17.1 Å². The summed E-state index contributed by atoms with van der Waals surface area (Å²) in [6.07, 6.45) is 1.19. The van der Waals surface area contributed by atoms with Crippen molar-refractivity contribution in [2.24, 2.45) is 5.92 Å². The molecule has 0 unspecified atom stereocenters. The summed E-state index contributed by atoms with van der Waals surface area (Å²) in [6.45, 7) is 5.19. The number of nitrogens with zero attached hydrogens (tertiary/aromatic N) is 2. The highest BCUT2D eigenvalue weighted by Gasteiger charge is 2.28. The third-order valence-electron chi connectivity index (χ3n) is 5.74. The number of imidazole rings is 1. The van der Waals surface area contributed by atoms with E-state index in [1.54, 1.807) is 4.90 Å². The molecule has 1 aromatic heterocycles. The first kappa shape index (κ1) is 19.2. The van der Waals surface area contributed by atoms with Gasteiger partial charge in [-0.05, 0) is 29.7 Å². The molecule has 0 saturated heterocycles. The molecule has 0 bridgehead atoms. The number of hydrogen-bond donors (Lipinski definition) is 2. The number of rotatable bonds is 7. The fourth-order valence-corrected chi connectivity index (χ4v) is 3.81. The first-order valence-electron chi connectivity index (χ1n) is 10.2. The molecule has 0 radical (unpaired) electrons. The van der Waals surface area contributed by atoms with Crippen LogP contribution in [0.3, 0.4) is 0 Å². The minimum Gasteiger partial charge on any atom is -0.346 e. The molecule has 2 N–H and O–H groups in total. The molecule has 0 spiro atoms. The molecule has 2 heterocycles. The Morgan fingerprint density at radius 2 is 1.97 bits per heavy atom. The zero-order valence-corrected chi connectivity index (χ0v) is 16.8.